The number of benzene rings is 1. The van der Waals surface area contributed by atoms with Crippen LogP contribution in [0.2, 0.25) is 5.02 Å². The molecule has 5 heteroatoms. The lowest BCUT2D eigenvalue weighted by Gasteiger charge is -2.35. The van der Waals surface area contributed by atoms with Crippen molar-refractivity contribution >= 4 is 29.3 Å². The second-order valence-corrected chi connectivity index (χ2v) is 5.66. The number of piperidine rings is 1. The highest BCUT2D eigenvalue weighted by Gasteiger charge is 2.22. The molecule has 0 spiro atoms. The Bertz CT molecular complexity index is 528. The molecule has 0 amide bonds. The average molecular weight is 310 g/mol. The Morgan fingerprint density at radius 1 is 1.57 bits per heavy atom. The van der Waals surface area contributed by atoms with E-state index < -0.39 is 5.97 Å². The Hall–Kier alpha value is -1.52. The standard InChI is InChI=1S/C16H20ClNO3/c1-21-11-12-4-3-9-18(10-12)15-6-2-5-14(17)13(15)7-8-16(19)20/h2,5-8,12H,3-4,9-11H2,1H3,(H,19,20)/b8-7+. The van der Waals surface area contributed by atoms with E-state index in [0.717, 1.165) is 49.9 Å². The summed E-state index contributed by atoms with van der Waals surface area (Å²) >= 11 is 6.23. The van der Waals surface area contributed by atoms with Gasteiger partial charge in [-0.1, -0.05) is 17.7 Å². The van der Waals surface area contributed by atoms with Crippen molar-refractivity contribution in [3.8, 4) is 0 Å². The Balaban J connectivity index is 2.26. The van der Waals surface area contributed by atoms with Gasteiger partial charge in [0.25, 0.3) is 0 Å². The molecule has 1 aliphatic heterocycles. The van der Waals surface area contributed by atoms with Gasteiger partial charge in [0.05, 0.1) is 6.61 Å². The summed E-state index contributed by atoms with van der Waals surface area (Å²) in [6.07, 6.45) is 4.95. The van der Waals surface area contributed by atoms with Crippen molar-refractivity contribution < 1.29 is 14.6 Å². The molecular formula is C16H20ClNO3. The molecule has 2 rings (SSSR count). The molecule has 1 N–H and O–H groups in total. The first kappa shape index (κ1) is 15.9. The maximum atomic E-state index is 10.7. The van der Waals surface area contributed by atoms with Gasteiger partial charge in [-0.2, -0.15) is 0 Å². The van der Waals surface area contributed by atoms with Crippen LogP contribution in [0.25, 0.3) is 6.08 Å². The number of hydrogen-bond donors (Lipinski definition) is 1. The maximum absolute atomic E-state index is 10.7. The molecule has 1 aliphatic rings. The number of nitrogens with zero attached hydrogens (tertiary/aromatic N) is 1. The summed E-state index contributed by atoms with van der Waals surface area (Å²) in [7, 11) is 1.72. The van der Waals surface area contributed by atoms with Crippen molar-refractivity contribution in [2.24, 2.45) is 5.92 Å². The summed E-state index contributed by atoms with van der Waals surface area (Å²) in [5.74, 6) is -0.476. The minimum Gasteiger partial charge on any atom is -0.478 e. The molecule has 1 atom stereocenters. The van der Waals surface area contributed by atoms with E-state index in [-0.39, 0.29) is 0 Å². The molecule has 4 nitrogen and oxygen atoms in total. The lowest BCUT2D eigenvalue weighted by Crippen LogP contribution is -2.37. The Kier molecular flexibility index (Phi) is 5.65. The van der Waals surface area contributed by atoms with E-state index in [1.54, 1.807) is 19.3 Å². The average Bonchev–Trinajstić information content (AvgIpc) is 2.46. The van der Waals surface area contributed by atoms with E-state index in [1.165, 1.54) is 0 Å². The number of halogens is 1. The molecule has 1 unspecified atom stereocenters. The third-order valence-electron chi connectivity index (χ3n) is 3.68. The van der Waals surface area contributed by atoms with Gasteiger partial charge in [0.2, 0.25) is 0 Å². The summed E-state index contributed by atoms with van der Waals surface area (Å²) < 4.78 is 5.25. The molecule has 1 heterocycles. The van der Waals surface area contributed by atoms with Crippen LogP contribution >= 0.6 is 11.6 Å². The smallest absolute Gasteiger partial charge is 0.328 e. The van der Waals surface area contributed by atoms with Gasteiger partial charge in [-0.05, 0) is 37.0 Å². The molecule has 0 aliphatic carbocycles. The van der Waals surface area contributed by atoms with E-state index in [9.17, 15) is 4.79 Å². The van der Waals surface area contributed by atoms with E-state index in [1.807, 2.05) is 12.1 Å². The van der Waals surface area contributed by atoms with Gasteiger partial charge in [0.1, 0.15) is 0 Å². The predicted octanol–water partition coefficient (Wildman–Crippen LogP) is 3.30. The number of carboxylic acid groups (broad SMARTS) is 1. The van der Waals surface area contributed by atoms with Gasteiger partial charge in [-0.25, -0.2) is 4.79 Å². The van der Waals surface area contributed by atoms with Crippen molar-refractivity contribution in [2.75, 3.05) is 31.7 Å². The molecule has 114 valence electrons. The van der Waals surface area contributed by atoms with Crippen LogP contribution in [-0.2, 0) is 9.53 Å². The maximum Gasteiger partial charge on any atom is 0.328 e. The molecule has 0 aromatic heterocycles. The van der Waals surface area contributed by atoms with Gasteiger partial charge in [0.15, 0.2) is 0 Å². The van der Waals surface area contributed by atoms with Crippen molar-refractivity contribution in [2.45, 2.75) is 12.8 Å². The first-order chi connectivity index (χ1) is 10.1. The van der Waals surface area contributed by atoms with Crippen LogP contribution in [0.4, 0.5) is 5.69 Å². The Labute approximate surface area is 130 Å². The van der Waals surface area contributed by atoms with E-state index >= 15 is 0 Å². The van der Waals surface area contributed by atoms with Crippen LogP contribution in [-0.4, -0.2) is 37.9 Å². The van der Waals surface area contributed by atoms with Crippen LogP contribution in [0, 0.1) is 5.92 Å². The number of methoxy groups -OCH3 is 1. The lowest BCUT2D eigenvalue weighted by atomic mass is 9.97. The van der Waals surface area contributed by atoms with Gasteiger partial charge < -0.3 is 14.7 Å². The second-order valence-electron chi connectivity index (χ2n) is 5.25. The third kappa shape index (κ3) is 4.22. The zero-order valence-electron chi connectivity index (χ0n) is 12.1. The molecule has 1 fully saturated rings. The summed E-state index contributed by atoms with van der Waals surface area (Å²) in [4.78, 5) is 13.0. The largest absolute Gasteiger partial charge is 0.478 e. The van der Waals surface area contributed by atoms with E-state index in [2.05, 4.69) is 4.90 Å². The number of aliphatic carboxylic acids is 1. The van der Waals surface area contributed by atoms with Gasteiger partial charge in [0, 0.05) is 42.5 Å². The van der Waals surface area contributed by atoms with Crippen LogP contribution in [0.1, 0.15) is 18.4 Å². The number of anilines is 1. The van der Waals surface area contributed by atoms with Gasteiger partial charge in [-0.15, -0.1) is 0 Å². The normalized spacial score (nSPS) is 19.1. The van der Waals surface area contributed by atoms with Gasteiger partial charge in [-0.3, -0.25) is 0 Å². The van der Waals surface area contributed by atoms with Crippen LogP contribution in [0.5, 0.6) is 0 Å². The molecular weight excluding hydrogens is 290 g/mol. The molecule has 21 heavy (non-hydrogen) atoms. The number of ether oxygens (including phenoxy) is 1. The first-order valence-corrected chi connectivity index (χ1v) is 7.43. The molecule has 0 bridgehead atoms. The first-order valence-electron chi connectivity index (χ1n) is 7.05. The summed E-state index contributed by atoms with van der Waals surface area (Å²) in [5.41, 5.74) is 1.75. The van der Waals surface area contributed by atoms with Crippen LogP contribution in [0.3, 0.4) is 0 Å². The minimum atomic E-state index is -0.975. The second kappa shape index (κ2) is 7.48. The van der Waals surface area contributed by atoms with Crippen LogP contribution < -0.4 is 4.90 Å². The highest BCUT2D eigenvalue weighted by molar-refractivity contribution is 6.32. The predicted molar refractivity (Wildman–Crippen MR) is 84.9 cm³/mol. The molecule has 0 radical (unpaired) electrons. The fraction of sp³-hybridized carbons (Fsp3) is 0.438. The van der Waals surface area contributed by atoms with Gasteiger partial charge >= 0.3 is 5.97 Å². The molecule has 1 aromatic rings. The zero-order valence-corrected chi connectivity index (χ0v) is 12.8. The van der Waals surface area contributed by atoms with Crippen molar-refractivity contribution in [1.82, 2.24) is 0 Å². The molecule has 0 saturated carbocycles. The van der Waals surface area contributed by atoms with Crippen molar-refractivity contribution in [3.63, 3.8) is 0 Å². The SMILES string of the molecule is COCC1CCCN(c2cccc(Cl)c2/C=C/C(=O)O)C1. The quantitative estimate of drug-likeness (QED) is 0.848. The Morgan fingerprint density at radius 2 is 2.38 bits per heavy atom. The summed E-state index contributed by atoms with van der Waals surface area (Å²) in [6.45, 7) is 2.61. The zero-order chi connectivity index (χ0) is 15.2. The highest BCUT2D eigenvalue weighted by atomic mass is 35.5. The number of rotatable bonds is 5. The van der Waals surface area contributed by atoms with E-state index in [0.29, 0.717) is 10.9 Å². The van der Waals surface area contributed by atoms with Crippen LogP contribution in [0.15, 0.2) is 24.3 Å². The fourth-order valence-electron chi connectivity index (χ4n) is 2.78. The Morgan fingerprint density at radius 3 is 3.10 bits per heavy atom. The molecule has 1 saturated heterocycles. The summed E-state index contributed by atoms with van der Waals surface area (Å²) in [6, 6.07) is 5.67. The number of hydrogen-bond acceptors (Lipinski definition) is 3. The van der Waals surface area contributed by atoms with E-state index in [4.69, 9.17) is 21.4 Å². The number of carbonyl (C=O) groups is 1. The summed E-state index contributed by atoms with van der Waals surface area (Å²) in [5, 5.41) is 9.39. The van der Waals surface area contributed by atoms with Crippen molar-refractivity contribution in [1.29, 1.82) is 0 Å². The highest BCUT2D eigenvalue weighted by Crippen LogP contribution is 2.32. The molecule has 1 aromatic carbocycles. The third-order valence-corrected chi connectivity index (χ3v) is 4.01. The minimum absolute atomic E-state index is 0.499. The monoisotopic (exact) mass is 309 g/mol. The number of carboxylic acids is 1. The lowest BCUT2D eigenvalue weighted by molar-refractivity contribution is -0.131. The van der Waals surface area contributed by atoms with Crippen molar-refractivity contribution in [3.05, 3.63) is 34.9 Å². The fourth-order valence-corrected chi connectivity index (χ4v) is 3.01. The topological polar surface area (TPSA) is 49.8 Å².